The summed E-state index contributed by atoms with van der Waals surface area (Å²) >= 11 is 0. The Morgan fingerprint density at radius 3 is 2.44 bits per heavy atom. The van der Waals surface area contributed by atoms with Crippen LogP contribution in [0.15, 0.2) is 73.8 Å². The molecule has 1 fully saturated rings. The van der Waals surface area contributed by atoms with Crippen LogP contribution in [0.2, 0.25) is 0 Å². The first-order chi connectivity index (χ1) is 15.4. The maximum atomic E-state index is 12.8. The Morgan fingerprint density at radius 1 is 1.03 bits per heavy atom. The Hall–Kier alpha value is -3.30. The lowest BCUT2D eigenvalue weighted by molar-refractivity contribution is 0.0951. The molecule has 2 heterocycles. The highest BCUT2D eigenvalue weighted by molar-refractivity contribution is 7.89. The van der Waals surface area contributed by atoms with Gasteiger partial charge in [-0.25, -0.2) is 18.6 Å². The van der Waals surface area contributed by atoms with Gasteiger partial charge in [-0.15, -0.1) is 0 Å². The van der Waals surface area contributed by atoms with Crippen LogP contribution in [0.5, 0.6) is 0 Å². The number of piperidine rings is 1. The molecule has 3 aromatic rings. The van der Waals surface area contributed by atoms with Crippen LogP contribution in [0, 0.1) is 0 Å². The number of fused-ring (bicyclic) bond motifs is 1. The van der Waals surface area contributed by atoms with Gasteiger partial charge in [0.15, 0.2) is 0 Å². The van der Waals surface area contributed by atoms with Crippen LogP contribution < -0.4 is 11.1 Å². The second kappa shape index (κ2) is 9.05. The van der Waals surface area contributed by atoms with Crippen LogP contribution in [-0.4, -0.2) is 37.4 Å². The van der Waals surface area contributed by atoms with Crippen LogP contribution in [0.1, 0.15) is 42.1 Å². The Bertz CT molecular complexity index is 1340. The normalized spacial score (nSPS) is 15.6. The van der Waals surface area contributed by atoms with Gasteiger partial charge in [-0.3, -0.25) is 4.79 Å². The number of hydrogen-bond donors (Lipinski definition) is 1. The van der Waals surface area contributed by atoms with Crippen molar-refractivity contribution in [1.82, 2.24) is 9.73 Å². The molecule has 1 saturated heterocycles. The number of carbonyl (C=O) groups excluding carboxylic acids is 1. The summed E-state index contributed by atoms with van der Waals surface area (Å²) in [6.07, 6.45) is 2.80. The summed E-state index contributed by atoms with van der Waals surface area (Å²) < 4.78 is 32.2. The molecule has 166 valence electrons. The topological polar surface area (TPSA) is 109 Å². The first-order valence-electron chi connectivity index (χ1n) is 10.3. The Kier molecular flexibility index (Phi) is 6.20. The minimum Gasteiger partial charge on any atom is -0.422 e. The lowest BCUT2D eigenvalue weighted by atomic mass is 10.1. The number of hydrogen-bond acceptors (Lipinski definition) is 6. The van der Waals surface area contributed by atoms with E-state index in [4.69, 9.17) is 4.42 Å². The highest BCUT2D eigenvalue weighted by Gasteiger charge is 2.25. The molecule has 0 radical (unpaired) electrons. The van der Waals surface area contributed by atoms with Gasteiger partial charge in [0.1, 0.15) is 11.1 Å². The zero-order valence-corrected chi connectivity index (χ0v) is 18.4. The predicted octanol–water partition coefficient (Wildman–Crippen LogP) is 3.12. The number of nitrogens with zero attached hydrogens (tertiary/aromatic N) is 2. The number of para-hydroxylation sites is 1. The number of amides is 1. The largest absolute Gasteiger partial charge is 0.422 e. The van der Waals surface area contributed by atoms with Crippen molar-refractivity contribution in [1.29, 1.82) is 0 Å². The number of nitrogens with one attached hydrogen (secondary N) is 1. The van der Waals surface area contributed by atoms with Crippen molar-refractivity contribution in [3.05, 3.63) is 76.1 Å². The van der Waals surface area contributed by atoms with Gasteiger partial charge in [0, 0.05) is 18.5 Å². The summed E-state index contributed by atoms with van der Waals surface area (Å²) in [4.78, 5) is 24.8. The molecule has 2 aromatic carbocycles. The Balaban J connectivity index is 1.49. The molecule has 0 unspecified atom stereocenters. The van der Waals surface area contributed by atoms with Crippen molar-refractivity contribution in [2.75, 3.05) is 13.1 Å². The van der Waals surface area contributed by atoms with Crippen LogP contribution >= 0.6 is 0 Å². The molecule has 8 nitrogen and oxygen atoms in total. The molecule has 1 amide bonds. The van der Waals surface area contributed by atoms with Crippen molar-refractivity contribution < 1.29 is 17.6 Å². The molecule has 1 aliphatic heterocycles. The van der Waals surface area contributed by atoms with Crippen LogP contribution in [0.4, 0.5) is 0 Å². The van der Waals surface area contributed by atoms with Crippen molar-refractivity contribution in [2.24, 2.45) is 5.10 Å². The Labute approximate surface area is 185 Å². The molecule has 0 saturated carbocycles. The van der Waals surface area contributed by atoms with E-state index < -0.39 is 21.6 Å². The molecule has 0 spiro atoms. The number of carbonyl (C=O) groups is 1. The third kappa shape index (κ3) is 4.49. The molecule has 1 aromatic heterocycles. The van der Waals surface area contributed by atoms with E-state index in [-0.39, 0.29) is 10.5 Å². The quantitative estimate of drug-likeness (QED) is 0.363. The molecule has 1 N–H and O–H groups in total. The fourth-order valence-corrected chi connectivity index (χ4v) is 5.12. The van der Waals surface area contributed by atoms with E-state index in [2.05, 4.69) is 10.5 Å². The zero-order valence-electron chi connectivity index (χ0n) is 17.6. The minimum absolute atomic E-state index is 0.150. The second-order valence-corrected chi connectivity index (χ2v) is 9.55. The average Bonchev–Trinajstić information content (AvgIpc) is 2.82. The van der Waals surface area contributed by atoms with Crippen LogP contribution in [-0.2, 0) is 10.0 Å². The maximum absolute atomic E-state index is 12.8. The third-order valence-corrected chi connectivity index (χ3v) is 7.35. The van der Waals surface area contributed by atoms with Gasteiger partial charge in [0.25, 0.3) is 5.91 Å². The molecule has 32 heavy (non-hydrogen) atoms. The lowest BCUT2D eigenvalue weighted by Crippen LogP contribution is -2.35. The first kappa shape index (κ1) is 21.9. The minimum atomic E-state index is -3.51. The summed E-state index contributed by atoms with van der Waals surface area (Å²) in [5, 5.41) is 4.68. The molecule has 1 aliphatic rings. The van der Waals surface area contributed by atoms with E-state index in [9.17, 15) is 18.0 Å². The highest BCUT2D eigenvalue weighted by Crippen LogP contribution is 2.21. The lowest BCUT2D eigenvalue weighted by Gasteiger charge is -2.25. The van der Waals surface area contributed by atoms with Crippen molar-refractivity contribution in [3.8, 4) is 0 Å². The van der Waals surface area contributed by atoms with Crippen LogP contribution in [0.25, 0.3) is 11.0 Å². The molecule has 9 heteroatoms. The third-order valence-electron chi connectivity index (χ3n) is 5.44. The molecule has 0 atom stereocenters. The van der Waals surface area contributed by atoms with Crippen LogP contribution in [0.3, 0.4) is 0 Å². The average molecular weight is 454 g/mol. The van der Waals surface area contributed by atoms with E-state index in [1.807, 2.05) is 0 Å². The van der Waals surface area contributed by atoms with Gasteiger partial charge < -0.3 is 4.42 Å². The number of sulfonamides is 1. The summed E-state index contributed by atoms with van der Waals surface area (Å²) in [5.41, 5.74) is 2.97. The number of rotatable bonds is 5. The molecule has 4 rings (SSSR count). The SMILES string of the molecule is C/C(=N\NC(=O)c1cc2ccccc2oc1=O)c1ccc(S(=O)(=O)N2CCCCC2)cc1. The van der Waals surface area contributed by atoms with Gasteiger partial charge in [0.05, 0.1) is 10.6 Å². The zero-order chi connectivity index (χ0) is 22.7. The standard InChI is InChI=1S/C23H23N3O5S/c1-16(17-9-11-19(12-10-17)32(29,30)26-13-5-2-6-14-26)24-25-22(27)20-15-18-7-3-4-8-21(18)31-23(20)28/h3-4,7-12,15H,2,5-6,13-14H2,1H3,(H,25,27)/b24-16+. The highest BCUT2D eigenvalue weighted by atomic mass is 32.2. The van der Waals surface area contributed by atoms with Crippen molar-refractivity contribution in [3.63, 3.8) is 0 Å². The van der Waals surface area contributed by atoms with E-state index in [0.717, 1.165) is 19.3 Å². The van der Waals surface area contributed by atoms with Crippen molar-refractivity contribution in [2.45, 2.75) is 31.1 Å². The number of hydrazone groups is 1. The number of benzene rings is 2. The Morgan fingerprint density at radius 2 is 1.72 bits per heavy atom. The summed E-state index contributed by atoms with van der Waals surface area (Å²) in [6, 6.07) is 14.7. The van der Waals surface area contributed by atoms with Crippen molar-refractivity contribution >= 4 is 32.6 Å². The van der Waals surface area contributed by atoms with Gasteiger partial charge in [0.2, 0.25) is 10.0 Å². The van der Waals surface area contributed by atoms with Gasteiger partial charge in [-0.2, -0.15) is 9.41 Å². The summed E-state index contributed by atoms with van der Waals surface area (Å²) in [5.74, 6) is -0.687. The molecule has 0 aliphatic carbocycles. The fourth-order valence-electron chi connectivity index (χ4n) is 3.60. The predicted molar refractivity (Wildman–Crippen MR) is 121 cm³/mol. The second-order valence-electron chi connectivity index (χ2n) is 7.61. The van der Waals surface area contributed by atoms with E-state index in [1.165, 1.54) is 22.5 Å². The molecular weight excluding hydrogens is 430 g/mol. The van der Waals surface area contributed by atoms with E-state index in [1.54, 1.807) is 43.3 Å². The monoisotopic (exact) mass is 453 g/mol. The summed E-state index contributed by atoms with van der Waals surface area (Å²) in [7, 11) is -3.51. The smallest absolute Gasteiger partial charge is 0.349 e. The maximum Gasteiger partial charge on any atom is 0.349 e. The summed E-state index contributed by atoms with van der Waals surface area (Å²) in [6.45, 7) is 2.76. The van der Waals surface area contributed by atoms with Gasteiger partial charge in [-0.1, -0.05) is 36.8 Å². The molecular formula is C23H23N3O5S. The fraction of sp³-hybridized carbons (Fsp3) is 0.261. The van der Waals surface area contributed by atoms with E-state index >= 15 is 0 Å². The molecule has 0 bridgehead atoms. The van der Waals surface area contributed by atoms with Gasteiger partial charge >= 0.3 is 5.63 Å². The van der Waals surface area contributed by atoms with E-state index in [0.29, 0.717) is 35.3 Å². The first-order valence-corrected chi connectivity index (χ1v) is 11.8. The van der Waals surface area contributed by atoms with Gasteiger partial charge in [-0.05, 0) is 49.6 Å².